The predicted octanol–water partition coefficient (Wildman–Crippen LogP) is 1.38. The van der Waals surface area contributed by atoms with Gasteiger partial charge in [0, 0.05) is 32.7 Å². The second-order valence-corrected chi connectivity index (χ2v) is 8.23. The zero-order valence-electron chi connectivity index (χ0n) is 17.4. The molecule has 0 aliphatic carbocycles. The summed E-state index contributed by atoms with van der Waals surface area (Å²) in [6, 6.07) is 7.32. The summed E-state index contributed by atoms with van der Waals surface area (Å²) in [5.74, 6) is 2.21. The molecule has 2 aliphatic rings. The van der Waals surface area contributed by atoms with Gasteiger partial charge in [0.15, 0.2) is 16.7 Å². The van der Waals surface area contributed by atoms with E-state index in [9.17, 15) is 9.59 Å². The molecule has 1 unspecified atom stereocenters. The smallest absolute Gasteiger partial charge is 0.267 e. The van der Waals surface area contributed by atoms with E-state index in [0.29, 0.717) is 49.4 Å². The monoisotopic (exact) mass is 443 g/mol. The first kappa shape index (κ1) is 21.2. The summed E-state index contributed by atoms with van der Waals surface area (Å²) in [5.41, 5.74) is 0. The largest absolute Gasteiger partial charge is 0.485 e. The molecule has 0 radical (unpaired) electrons. The van der Waals surface area contributed by atoms with Crippen LogP contribution in [0.2, 0.25) is 0 Å². The summed E-state index contributed by atoms with van der Waals surface area (Å²) in [6.07, 6.45) is 1.12. The van der Waals surface area contributed by atoms with E-state index in [4.69, 9.17) is 9.47 Å². The quantitative estimate of drug-likeness (QED) is 0.492. The molecule has 3 heterocycles. The standard InChI is InChI=1S/C21H25N5O4S/c1-3-8-26-15(2)22-23-21(26)31-14-19(27)24-9-11-25(12-10-24)20(28)18-13-29-16-6-4-5-7-17(16)30-18/h3-7,18H,1,8-14H2,2H3. The lowest BCUT2D eigenvalue weighted by atomic mass is 10.2. The molecule has 0 bridgehead atoms. The van der Waals surface area contributed by atoms with Gasteiger partial charge in [-0.15, -0.1) is 16.8 Å². The lowest BCUT2D eigenvalue weighted by Gasteiger charge is -2.37. The van der Waals surface area contributed by atoms with Crippen molar-refractivity contribution in [3.05, 3.63) is 42.7 Å². The number of aryl methyl sites for hydroxylation is 1. The molecule has 0 N–H and O–H groups in total. The fourth-order valence-corrected chi connectivity index (χ4v) is 4.44. The van der Waals surface area contributed by atoms with Gasteiger partial charge in [-0.1, -0.05) is 30.0 Å². The third kappa shape index (κ3) is 4.68. The molecule has 2 aromatic rings. The Kier molecular flexibility index (Phi) is 6.45. The topological polar surface area (TPSA) is 89.8 Å². The highest BCUT2D eigenvalue weighted by molar-refractivity contribution is 7.99. The minimum atomic E-state index is -0.660. The molecule has 10 heteroatoms. The number of rotatable bonds is 6. The van der Waals surface area contributed by atoms with E-state index in [0.717, 1.165) is 5.82 Å². The van der Waals surface area contributed by atoms with Gasteiger partial charge < -0.3 is 23.8 Å². The highest BCUT2D eigenvalue weighted by Gasteiger charge is 2.33. The minimum absolute atomic E-state index is 0.0223. The number of nitrogens with zero attached hydrogens (tertiary/aromatic N) is 5. The van der Waals surface area contributed by atoms with E-state index in [2.05, 4.69) is 16.8 Å². The van der Waals surface area contributed by atoms with Crippen LogP contribution in [-0.4, -0.2) is 81.0 Å². The number of benzene rings is 1. The number of hydrogen-bond donors (Lipinski definition) is 0. The van der Waals surface area contributed by atoms with Gasteiger partial charge in [0.2, 0.25) is 12.0 Å². The van der Waals surface area contributed by atoms with Crippen LogP contribution in [0, 0.1) is 6.92 Å². The number of piperazine rings is 1. The molecular formula is C21H25N5O4S. The van der Waals surface area contributed by atoms with E-state index in [1.165, 1.54) is 11.8 Å². The van der Waals surface area contributed by atoms with Crippen LogP contribution < -0.4 is 9.47 Å². The lowest BCUT2D eigenvalue weighted by molar-refractivity contribution is -0.145. The summed E-state index contributed by atoms with van der Waals surface area (Å²) in [7, 11) is 0. The van der Waals surface area contributed by atoms with Crippen LogP contribution in [0.4, 0.5) is 0 Å². The van der Waals surface area contributed by atoms with Gasteiger partial charge in [-0.25, -0.2) is 0 Å². The van der Waals surface area contributed by atoms with Crippen LogP contribution in [0.5, 0.6) is 11.5 Å². The number of ether oxygens (including phenoxy) is 2. The molecular weight excluding hydrogens is 418 g/mol. The van der Waals surface area contributed by atoms with E-state index in [-0.39, 0.29) is 24.2 Å². The number of carbonyl (C=O) groups excluding carboxylic acids is 2. The van der Waals surface area contributed by atoms with Crippen molar-refractivity contribution in [2.45, 2.75) is 24.7 Å². The second kappa shape index (κ2) is 9.42. The van der Waals surface area contributed by atoms with Gasteiger partial charge in [0.1, 0.15) is 12.4 Å². The molecule has 1 atom stereocenters. The van der Waals surface area contributed by atoms with Crippen LogP contribution in [0.3, 0.4) is 0 Å². The maximum atomic E-state index is 12.8. The van der Waals surface area contributed by atoms with Crippen LogP contribution in [0.15, 0.2) is 42.1 Å². The van der Waals surface area contributed by atoms with Crippen molar-refractivity contribution >= 4 is 23.6 Å². The van der Waals surface area contributed by atoms with Crippen molar-refractivity contribution in [3.63, 3.8) is 0 Å². The second-order valence-electron chi connectivity index (χ2n) is 7.29. The fraction of sp³-hybridized carbons (Fsp3) is 0.429. The molecule has 31 heavy (non-hydrogen) atoms. The Bertz CT molecular complexity index is 970. The Morgan fingerprint density at radius 2 is 1.87 bits per heavy atom. The van der Waals surface area contributed by atoms with Crippen molar-refractivity contribution < 1.29 is 19.1 Å². The average Bonchev–Trinajstić information content (AvgIpc) is 3.16. The molecule has 0 spiro atoms. The summed E-state index contributed by atoms with van der Waals surface area (Å²) < 4.78 is 13.4. The third-order valence-electron chi connectivity index (χ3n) is 5.27. The molecule has 9 nitrogen and oxygen atoms in total. The molecule has 2 amide bonds. The van der Waals surface area contributed by atoms with Gasteiger partial charge >= 0.3 is 0 Å². The highest BCUT2D eigenvalue weighted by atomic mass is 32.2. The van der Waals surface area contributed by atoms with E-state index < -0.39 is 6.10 Å². The first-order valence-corrected chi connectivity index (χ1v) is 11.1. The van der Waals surface area contributed by atoms with Gasteiger partial charge in [-0.2, -0.15) is 0 Å². The van der Waals surface area contributed by atoms with Gasteiger partial charge in [0.25, 0.3) is 5.91 Å². The van der Waals surface area contributed by atoms with Crippen LogP contribution in [-0.2, 0) is 16.1 Å². The molecule has 1 aromatic heterocycles. The van der Waals surface area contributed by atoms with Crippen LogP contribution in [0.25, 0.3) is 0 Å². The van der Waals surface area contributed by atoms with E-state index in [1.54, 1.807) is 21.9 Å². The fourth-order valence-electron chi connectivity index (χ4n) is 3.55. The minimum Gasteiger partial charge on any atom is -0.485 e. The molecule has 0 saturated carbocycles. The number of allylic oxidation sites excluding steroid dienone is 1. The number of amides is 2. The van der Waals surface area contributed by atoms with Crippen molar-refractivity contribution in [1.29, 1.82) is 0 Å². The molecule has 164 valence electrons. The summed E-state index contributed by atoms with van der Waals surface area (Å²) >= 11 is 1.37. The van der Waals surface area contributed by atoms with E-state index in [1.807, 2.05) is 29.7 Å². The van der Waals surface area contributed by atoms with Crippen LogP contribution in [0.1, 0.15) is 5.82 Å². The molecule has 4 rings (SSSR count). The normalized spacial score (nSPS) is 18.0. The van der Waals surface area contributed by atoms with Gasteiger partial charge in [0.05, 0.1) is 5.75 Å². The Morgan fingerprint density at radius 1 is 1.16 bits per heavy atom. The molecule has 1 aromatic carbocycles. The lowest BCUT2D eigenvalue weighted by Crippen LogP contribution is -2.55. The van der Waals surface area contributed by atoms with Crippen LogP contribution >= 0.6 is 11.8 Å². The van der Waals surface area contributed by atoms with Crippen molar-refractivity contribution in [2.24, 2.45) is 0 Å². The molecule has 1 saturated heterocycles. The highest BCUT2D eigenvalue weighted by Crippen LogP contribution is 2.31. The number of hydrogen-bond acceptors (Lipinski definition) is 7. The van der Waals surface area contributed by atoms with Crippen molar-refractivity contribution in [3.8, 4) is 11.5 Å². The average molecular weight is 444 g/mol. The summed E-state index contributed by atoms with van der Waals surface area (Å²) in [6.45, 7) is 8.35. The zero-order chi connectivity index (χ0) is 21.8. The van der Waals surface area contributed by atoms with E-state index >= 15 is 0 Å². The number of thioether (sulfide) groups is 1. The Balaban J connectivity index is 1.26. The van der Waals surface area contributed by atoms with Gasteiger partial charge in [-0.05, 0) is 19.1 Å². The maximum absolute atomic E-state index is 12.8. The number of fused-ring (bicyclic) bond motifs is 1. The summed E-state index contributed by atoms with van der Waals surface area (Å²) in [4.78, 5) is 29.0. The summed E-state index contributed by atoms with van der Waals surface area (Å²) in [5, 5.41) is 8.90. The molecule has 1 fully saturated rings. The third-order valence-corrected chi connectivity index (χ3v) is 6.22. The SMILES string of the molecule is C=CCn1c(C)nnc1SCC(=O)N1CCN(C(=O)C2COc3ccccc3O2)CC1. The first-order chi connectivity index (χ1) is 15.1. The molecule has 2 aliphatic heterocycles. The maximum Gasteiger partial charge on any atom is 0.267 e. The Morgan fingerprint density at radius 3 is 2.61 bits per heavy atom. The Hall–Kier alpha value is -3.01. The van der Waals surface area contributed by atoms with Gasteiger partial charge in [-0.3, -0.25) is 9.59 Å². The zero-order valence-corrected chi connectivity index (χ0v) is 18.2. The first-order valence-electron chi connectivity index (χ1n) is 10.2. The van der Waals surface area contributed by atoms with Crippen molar-refractivity contribution in [1.82, 2.24) is 24.6 Å². The number of aromatic nitrogens is 3. The number of para-hydroxylation sites is 2. The Labute approximate surface area is 185 Å². The van der Waals surface area contributed by atoms with Crippen molar-refractivity contribution in [2.75, 3.05) is 38.5 Å². The predicted molar refractivity (Wildman–Crippen MR) is 115 cm³/mol. The number of carbonyl (C=O) groups is 2.